The van der Waals surface area contributed by atoms with Crippen LogP contribution in [0.25, 0.3) is 11.5 Å². The third-order valence-corrected chi connectivity index (χ3v) is 3.76. The molecular formula is C13H14BrN3O2. The van der Waals surface area contributed by atoms with Crippen LogP contribution in [0.2, 0.25) is 0 Å². The number of ether oxygens (including phenoxy) is 1. The smallest absolute Gasteiger partial charge is 0.261 e. The topological polar surface area (TPSA) is 74.2 Å². The van der Waals surface area contributed by atoms with Gasteiger partial charge in [0.25, 0.3) is 5.89 Å². The Morgan fingerprint density at radius 1 is 1.47 bits per heavy atom. The summed E-state index contributed by atoms with van der Waals surface area (Å²) in [7, 11) is 1.61. The van der Waals surface area contributed by atoms with Crippen LogP contribution in [0.3, 0.4) is 0 Å². The molecule has 0 radical (unpaired) electrons. The molecule has 1 aliphatic carbocycles. The number of aromatic nitrogens is 2. The van der Waals surface area contributed by atoms with E-state index in [-0.39, 0.29) is 6.04 Å². The molecule has 2 aromatic rings. The fraction of sp³-hybridized carbons (Fsp3) is 0.385. The van der Waals surface area contributed by atoms with E-state index in [4.69, 9.17) is 15.0 Å². The van der Waals surface area contributed by atoms with E-state index < -0.39 is 0 Å². The molecule has 19 heavy (non-hydrogen) atoms. The van der Waals surface area contributed by atoms with Crippen molar-refractivity contribution in [3.63, 3.8) is 0 Å². The van der Waals surface area contributed by atoms with Crippen LogP contribution in [0.4, 0.5) is 0 Å². The first-order valence-electron chi connectivity index (χ1n) is 6.12. The zero-order valence-corrected chi connectivity index (χ0v) is 12.1. The number of rotatable bonds is 4. The summed E-state index contributed by atoms with van der Waals surface area (Å²) >= 11 is 3.40. The van der Waals surface area contributed by atoms with Crippen molar-refractivity contribution < 1.29 is 9.26 Å². The zero-order chi connectivity index (χ0) is 13.4. The van der Waals surface area contributed by atoms with Gasteiger partial charge in [-0.05, 0) is 37.0 Å². The maximum atomic E-state index is 6.06. The summed E-state index contributed by atoms with van der Waals surface area (Å²) in [5.74, 6) is 2.19. The molecule has 0 saturated heterocycles. The van der Waals surface area contributed by atoms with Gasteiger partial charge in [-0.3, -0.25) is 0 Å². The summed E-state index contributed by atoms with van der Waals surface area (Å²) < 4.78 is 11.5. The second-order valence-corrected chi connectivity index (χ2v) is 5.58. The normalized spacial score (nSPS) is 16.4. The first-order chi connectivity index (χ1) is 9.19. The van der Waals surface area contributed by atoms with Gasteiger partial charge in [0.15, 0.2) is 5.82 Å². The van der Waals surface area contributed by atoms with Crippen LogP contribution in [-0.2, 0) is 0 Å². The number of benzene rings is 1. The summed E-state index contributed by atoms with van der Waals surface area (Å²) in [5.41, 5.74) is 6.83. The third-order valence-electron chi connectivity index (χ3n) is 3.26. The summed E-state index contributed by atoms with van der Waals surface area (Å²) in [6.45, 7) is 0. The van der Waals surface area contributed by atoms with E-state index in [1.54, 1.807) is 7.11 Å². The Hall–Kier alpha value is -1.40. The zero-order valence-electron chi connectivity index (χ0n) is 10.5. The van der Waals surface area contributed by atoms with Gasteiger partial charge in [-0.1, -0.05) is 21.1 Å². The molecule has 1 aliphatic rings. The molecule has 100 valence electrons. The summed E-state index contributed by atoms with van der Waals surface area (Å²) in [4.78, 5) is 4.38. The van der Waals surface area contributed by atoms with Crippen molar-refractivity contribution in [1.82, 2.24) is 10.1 Å². The minimum absolute atomic E-state index is 0.126. The average molecular weight is 324 g/mol. The lowest BCUT2D eigenvalue weighted by Crippen LogP contribution is -2.13. The van der Waals surface area contributed by atoms with Crippen LogP contribution < -0.4 is 10.5 Å². The van der Waals surface area contributed by atoms with E-state index in [0.717, 1.165) is 22.9 Å². The van der Waals surface area contributed by atoms with Crippen molar-refractivity contribution in [2.24, 2.45) is 11.7 Å². The Kier molecular flexibility index (Phi) is 3.28. The molecule has 3 rings (SSSR count). The number of nitrogens with zero attached hydrogens (tertiary/aromatic N) is 2. The Morgan fingerprint density at radius 2 is 2.26 bits per heavy atom. The molecule has 2 N–H and O–H groups in total. The molecular weight excluding hydrogens is 310 g/mol. The molecule has 1 saturated carbocycles. The fourth-order valence-electron chi connectivity index (χ4n) is 1.99. The lowest BCUT2D eigenvalue weighted by atomic mass is 10.2. The predicted molar refractivity (Wildman–Crippen MR) is 73.6 cm³/mol. The lowest BCUT2D eigenvalue weighted by molar-refractivity contribution is 0.398. The Morgan fingerprint density at radius 3 is 2.95 bits per heavy atom. The van der Waals surface area contributed by atoms with E-state index in [1.807, 2.05) is 18.2 Å². The molecule has 1 atom stereocenters. The molecule has 1 fully saturated rings. The maximum absolute atomic E-state index is 6.06. The van der Waals surface area contributed by atoms with Gasteiger partial charge in [0.05, 0.1) is 18.7 Å². The van der Waals surface area contributed by atoms with Gasteiger partial charge in [0.1, 0.15) is 5.75 Å². The first-order valence-corrected chi connectivity index (χ1v) is 6.91. The van der Waals surface area contributed by atoms with Gasteiger partial charge in [-0.25, -0.2) is 0 Å². The van der Waals surface area contributed by atoms with Crippen molar-refractivity contribution in [2.75, 3.05) is 7.11 Å². The van der Waals surface area contributed by atoms with Crippen LogP contribution >= 0.6 is 15.9 Å². The van der Waals surface area contributed by atoms with Gasteiger partial charge < -0.3 is 15.0 Å². The third kappa shape index (κ3) is 2.50. The number of methoxy groups -OCH3 is 1. The summed E-state index contributed by atoms with van der Waals surface area (Å²) in [6, 6.07) is 5.52. The molecule has 0 bridgehead atoms. The van der Waals surface area contributed by atoms with Gasteiger partial charge in [0.2, 0.25) is 0 Å². The van der Waals surface area contributed by atoms with Crippen LogP contribution in [0, 0.1) is 5.92 Å². The standard InChI is InChI=1S/C13H14BrN3O2/c1-18-10-6-8(14)4-5-9(10)13-16-12(17-19-13)11(15)7-2-3-7/h4-7,11H,2-3,15H2,1H3. The van der Waals surface area contributed by atoms with Gasteiger partial charge in [0, 0.05) is 4.47 Å². The molecule has 1 heterocycles. The highest BCUT2D eigenvalue weighted by Gasteiger charge is 2.32. The highest BCUT2D eigenvalue weighted by atomic mass is 79.9. The molecule has 1 aromatic heterocycles. The quantitative estimate of drug-likeness (QED) is 0.936. The predicted octanol–water partition coefficient (Wildman–Crippen LogP) is 2.92. The summed E-state index contributed by atoms with van der Waals surface area (Å²) in [5, 5.41) is 3.97. The molecule has 6 heteroatoms. The second kappa shape index (κ2) is 4.94. The molecule has 5 nitrogen and oxygen atoms in total. The minimum atomic E-state index is -0.126. The van der Waals surface area contributed by atoms with Crippen LogP contribution in [0.1, 0.15) is 24.7 Å². The van der Waals surface area contributed by atoms with E-state index in [2.05, 4.69) is 26.1 Å². The lowest BCUT2D eigenvalue weighted by Gasteiger charge is -2.05. The van der Waals surface area contributed by atoms with Gasteiger partial charge in [-0.15, -0.1) is 0 Å². The molecule has 1 aromatic carbocycles. The van der Waals surface area contributed by atoms with E-state index >= 15 is 0 Å². The number of hydrogen-bond donors (Lipinski definition) is 1. The Balaban J connectivity index is 1.93. The van der Waals surface area contributed by atoms with Crippen LogP contribution in [0.15, 0.2) is 27.2 Å². The van der Waals surface area contributed by atoms with Crippen molar-refractivity contribution >= 4 is 15.9 Å². The van der Waals surface area contributed by atoms with Crippen LogP contribution in [-0.4, -0.2) is 17.3 Å². The van der Waals surface area contributed by atoms with Crippen LogP contribution in [0.5, 0.6) is 5.75 Å². The largest absolute Gasteiger partial charge is 0.496 e. The highest BCUT2D eigenvalue weighted by molar-refractivity contribution is 9.10. The first kappa shape index (κ1) is 12.6. The van der Waals surface area contributed by atoms with Crippen molar-refractivity contribution in [3.05, 3.63) is 28.5 Å². The molecule has 0 amide bonds. The van der Waals surface area contributed by atoms with Crippen molar-refractivity contribution in [3.8, 4) is 17.2 Å². The highest BCUT2D eigenvalue weighted by Crippen LogP contribution is 2.39. The van der Waals surface area contributed by atoms with Gasteiger partial charge in [-0.2, -0.15) is 4.98 Å². The molecule has 1 unspecified atom stereocenters. The van der Waals surface area contributed by atoms with E-state index in [1.165, 1.54) is 0 Å². The summed E-state index contributed by atoms with van der Waals surface area (Å²) in [6.07, 6.45) is 2.29. The van der Waals surface area contributed by atoms with E-state index in [9.17, 15) is 0 Å². The second-order valence-electron chi connectivity index (χ2n) is 4.67. The number of nitrogens with two attached hydrogens (primary N) is 1. The van der Waals surface area contributed by atoms with Crippen molar-refractivity contribution in [2.45, 2.75) is 18.9 Å². The fourth-order valence-corrected chi connectivity index (χ4v) is 2.33. The van der Waals surface area contributed by atoms with Crippen molar-refractivity contribution in [1.29, 1.82) is 0 Å². The number of halogens is 1. The molecule has 0 spiro atoms. The maximum Gasteiger partial charge on any atom is 0.261 e. The monoisotopic (exact) mass is 323 g/mol. The average Bonchev–Trinajstić information content (AvgIpc) is 3.15. The molecule has 0 aliphatic heterocycles. The minimum Gasteiger partial charge on any atom is -0.496 e. The van der Waals surface area contributed by atoms with Gasteiger partial charge >= 0.3 is 0 Å². The Labute approximate surface area is 119 Å². The number of hydrogen-bond acceptors (Lipinski definition) is 5. The Bertz CT molecular complexity index is 595. The SMILES string of the molecule is COc1cc(Br)ccc1-c1nc(C(N)C2CC2)no1. The van der Waals surface area contributed by atoms with E-state index in [0.29, 0.717) is 23.4 Å².